The van der Waals surface area contributed by atoms with Crippen molar-refractivity contribution in [2.45, 2.75) is 26.3 Å². The van der Waals surface area contributed by atoms with E-state index in [2.05, 4.69) is 10.2 Å². The highest BCUT2D eigenvalue weighted by atomic mass is 35.5. The molecule has 0 heterocycles. The molecule has 0 saturated heterocycles. The minimum Gasteiger partial charge on any atom is -0.353 e. The molecule has 1 amide bonds. The van der Waals surface area contributed by atoms with Crippen molar-refractivity contribution in [1.29, 1.82) is 0 Å². The molecular weight excluding hydrogens is 200 g/mol. The number of amides is 1. The first-order valence-corrected chi connectivity index (χ1v) is 5.52. The highest BCUT2D eigenvalue weighted by Gasteiger charge is 2.13. The maximum absolute atomic E-state index is 11.4. The summed E-state index contributed by atoms with van der Waals surface area (Å²) >= 11 is 5.59. The van der Waals surface area contributed by atoms with Crippen LogP contribution in [0.3, 0.4) is 0 Å². The average Bonchev–Trinajstić information content (AvgIpc) is 2.13. The van der Waals surface area contributed by atoms with Crippen LogP contribution in [-0.2, 0) is 4.79 Å². The lowest BCUT2D eigenvalue weighted by Gasteiger charge is -2.18. The molecule has 0 aromatic rings. The predicted octanol–water partition coefficient (Wildman–Crippen LogP) is 1.32. The fourth-order valence-electron chi connectivity index (χ4n) is 0.979. The molecule has 14 heavy (non-hydrogen) atoms. The molecule has 2 atom stereocenters. The van der Waals surface area contributed by atoms with E-state index in [1.165, 1.54) is 0 Å². The van der Waals surface area contributed by atoms with E-state index in [1.54, 1.807) is 0 Å². The molecule has 0 aliphatic heterocycles. The summed E-state index contributed by atoms with van der Waals surface area (Å²) in [6.07, 6.45) is 0.966. The number of carbonyl (C=O) groups excluding carboxylic acids is 1. The minimum atomic E-state index is -0.0986. The van der Waals surface area contributed by atoms with Gasteiger partial charge in [0, 0.05) is 17.8 Å². The smallest absolute Gasteiger partial charge is 0.224 e. The highest BCUT2D eigenvalue weighted by molar-refractivity contribution is 6.19. The summed E-state index contributed by atoms with van der Waals surface area (Å²) in [5.41, 5.74) is 0. The molecule has 0 aliphatic carbocycles. The molecule has 0 fully saturated rings. The van der Waals surface area contributed by atoms with Crippen molar-refractivity contribution in [3.8, 4) is 0 Å². The quantitative estimate of drug-likeness (QED) is 0.685. The maximum atomic E-state index is 11.4. The number of alkyl halides is 1. The highest BCUT2D eigenvalue weighted by Crippen LogP contribution is 2.00. The summed E-state index contributed by atoms with van der Waals surface area (Å²) in [6, 6.07) is 0.218. The van der Waals surface area contributed by atoms with Crippen LogP contribution in [0, 0.1) is 5.92 Å². The van der Waals surface area contributed by atoms with Crippen LogP contribution in [0.1, 0.15) is 20.3 Å². The van der Waals surface area contributed by atoms with Gasteiger partial charge in [-0.15, -0.1) is 11.6 Å². The molecular formula is C10H21ClN2O. The molecule has 84 valence electrons. The number of carbonyl (C=O) groups is 1. The molecule has 0 bridgehead atoms. The Morgan fingerprint density at radius 3 is 2.43 bits per heavy atom. The third-order valence-corrected chi connectivity index (χ3v) is 2.54. The van der Waals surface area contributed by atoms with Crippen molar-refractivity contribution in [2.75, 3.05) is 26.5 Å². The summed E-state index contributed by atoms with van der Waals surface area (Å²) in [4.78, 5) is 13.5. The number of rotatable bonds is 6. The summed E-state index contributed by atoms with van der Waals surface area (Å²) in [7, 11) is 4.05. The van der Waals surface area contributed by atoms with Gasteiger partial charge in [-0.05, 0) is 34.0 Å². The number of nitrogens with zero attached hydrogens (tertiary/aromatic N) is 1. The van der Waals surface area contributed by atoms with Crippen molar-refractivity contribution in [1.82, 2.24) is 10.2 Å². The third kappa shape index (κ3) is 6.22. The summed E-state index contributed by atoms with van der Waals surface area (Å²) < 4.78 is 0. The zero-order valence-electron chi connectivity index (χ0n) is 9.51. The summed E-state index contributed by atoms with van der Waals surface area (Å²) in [5, 5.41) is 2.94. The van der Waals surface area contributed by atoms with Gasteiger partial charge in [0.1, 0.15) is 0 Å². The second-order valence-corrected chi connectivity index (χ2v) is 4.37. The first kappa shape index (κ1) is 13.7. The van der Waals surface area contributed by atoms with E-state index in [9.17, 15) is 4.79 Å². The zero-order valence-corrected chi connectivity index (χ0v) is 10.3. The second kappa shape index (κ2) is 7.07. The van der Waals surface area contributed by atoms with Gasteiger partial charge in [-0.25, -0.2) is 0 Å². The van der Waals surface area contributed by atoms with E-state index in [-0.39, 0.29) is 17.9 Å². The lowest BCUT2D eigenvalue weighted by atomic mass is 10.1. The Hall–Kier alpha value is -0.280. The molecule has 0 aliphatic rings. The van der Waals surface area contributed by atoms with Crippen LogP contribution in [0.5, 0.6) is 0 Å². The van der Waals surface area contributed by atoms with Gasteiger partial charge >= 0.3 is 0 Å². The molecule has 0 rings (SSSR count). The fourth-order valence-corrected chi connectivity index (χ4v) is 1.12. The van der Waals surface area contributed by atoms with E-state index in [0.717, 1.165) is 13.0 Å². The molecule has 0 radical (unpaired) electrons. The van der Waals surface area contributed by atoms with Crippen LogP contribution >= 0.6 is 11.6 Å². The van der Waals surface area contributed by atoms with E-state index in [0.29, 0.717) is 5.88 Å². The second-order valence-electron chi connectivity index (χ2n) is 4.06. The molecule has 0 spiro atoms. The van der Waals surface area contributed by atoms with Crippen molar-refractivity contribution in [3.05, 3.63) is 0 Å². The van der Waals surface area contributed by atoms with Crippen molar-refractivity contribution in [3.63, 3.8) is 0 Å². The van der Waals surface area contributed by atoms with Crippen molar-refractivity contribution >= 4 is 17.5 Å². The molecule has 0 saturated carbocycles. The lowest BCUT2D eigenvalue weighted by Crippen LogP contribution is -2.38. The topological polar surface area (TPSA) is 32.3 Å². The molecule has 4 heteroatoms. The van der Waals surface area contributed by atoms with E-state index in [4.69, 9.17) is 11.6 Å². The first-order chi connectivity index (χ1) is 6.47. The minimum absolute atomic E-state index is 0.0475. The van der Waals surface area contributed by atoms with Crippen LogP contribution in [-0.4, -0.2) is 43.4 Å². The first-order valence-electron chi connectivity index (χ1n) is 4.98. The molecule has 3 nitrogen and oxygen atoms in total. The molecule has 2 unspecified atom stereocenters. The standard InChI is InChI=1S/C10H21ClN2O/c1-8(7-11)10(14)12-9(2)5-6-13(3)4/h8-9H,5-7H2,1-4H3,(H,12,14). The van der Waals surface area contributed by atoms with Gasteiger partial charge < -0.3 is 10.2 Å². The summed E-state index contributed by atoms with van der Waals surface area (Å²) in [6.45, 7) is 4.83. The molecule has 0 aromatic heterocycles. The van der Waals surface area contributed by atoms with Gasteiger partial charge in [0.2, 0.25) is 5.91 Å². The Labute approximate surface area is 91.8 Å². The number of nitrogens with one attached hydrogen (secondary N) is 1. The zero-order chi connectivity index (χ0) is 11.1. The van der Waals surface area contributed by atoms with Gasteiger partial charge in [0.15, 0.2) is 0 Å². The SMILES string of the molecule is CC(CCN(C)C)NC(=O)C(C)CCl. The normalized spacial score (nSPS) is 15.3. The van der Waals surface area contributed by atoms with Crippen molar-refractivity contribution in [2.24, 2.45) is 5.92 Å². The number of hydrogen-bond acceptors (Lipinski definition) is 2. The Bertz CT molecular complexity index is 174. The Balaban J connectivity index is 3.71. The van der Waals surface area contributed by atoms with E-state index in [1.807, 2.05) is 27.9 Å². The van der Waals surface area contributed by atoms with Gasteiger partial charge in [0.25, 0.3) is 0 Å². The predicted molar refractivity (Wildman–Crippen MR) is 60.7 cm³/mol. The van der Waals surface area contributed by atoms with E-state index < -0.39 is 0 Å². The Morgan fingerprint density at radius 2 is 2.00 bits per heavy atom. The molecule has 0 aromatic carbocycles. The monoisotopic (exact) mass is 220 g/mol. The van der Waals surface area contributed by atoms with Crippen LogP contribution in [0.2, 0.25) is 0 Å². The van der Waals surface area contributed by atoms with Gasteiger partial charge in [-0.1, -0.05) is 6.92 Å². The average molecular weight is 221 g/mol. The lowest BCUT2D eigenvalue weighted by molar-refractivity contribution is -0.124. The fraction of sp³-hybridized carbons (Fsp3) is 0.900. The van der Waals surface area contributed by atoms with Crippen molar-refractivity contribution < 1.29 is 4.79 Å². The van der Waals surface area contributed by atoms with Crippen LogP contribution < -0.4 is 5.32 Å². The van der Waals surface area contributed by atoms with Gasteiger partial charge in [-0.3, -0.25) is 4.79 Å². The van der Waals surface area contributed by atoms with Gasteiger partial charge in [-0.2, -0.15) is 0 Å². The summed E-state index contributed by atoms with van der Waals surface area (Å²) in [5.74, 6) is 0.330. The third-order valence-electron chi connectivity index (χ3n) is 2.08. The van der Waals surface area contributed by atoms with Gasteiger partial charge in [0.05, 0.1) is 0 Å². The Morgan fingerprint density at radius 1 is 1.43 bits per heavy atom. The Kier molecular flexibility index (Phi) is 6.93. The van der Waals surface area contributed by atoms with E-state index >= 15 is 0 Å². The number of hydrogen-bond donors (Lipinski definition) is 1. The van der Waals surface area contributed by atoms with Crippen LogP contribution in [0.15, 0.2) is 0 Å². The van der Waals surface area contributed by atoms with Crippen LogP contribution in [0.4, 0.5) is 0 Å². The molecule has 1 N–H and O–H groups in total. The largest absolute Gasteiger partial charge is 0.353 e. The maximum Gasteiger partial charge on any atom is 0.224 e. The number of halogens is 1. The van der Waals surface area contributed by atoms with Crippen LogP contribution in [0.25, 0.3) is 0 Å².